The summed E-state index contributed by atoms with van der Waals surface area (Å²) >= 11 is 0. The average Bonchev–Trinajstić information content (AvgIpc) is 3.25. The van der Waals surface area contributed by atoms with Crippen molar-refractivity contribution in [1.82, 2.24) is 14.7 Å². The third-order valence-electron chi connectivity index (χ3n) is 4.60. The van der Waals surface area contributed by atoms with Gasteiger partial charge in [0.05, 0.1) is 18.0 Å². The molecule has 25 heavy (non-hydrogen) atoms. The Bertz CT molecular complexity index is 842. The van der Waals surface area contributed by atoms with Gasteiger partial charge in [-0.15, -0.1) is 0 Å². The van der Waals surface area contributed by atoms with Crippen LogP contribution < -0.4 is 0 Å². The van der Waals surface area contributed by atoms with Crippen molar-refractivity contribution >= 4 is 0 Å². The van der Waals surface area contributed by atoms with Crippen molar-refractivity contribution in [3.05, 3.63) is 72.3 Å². The highest BCUT2D eigenvalue weighted by Gasteiger charge is 2.20. The Morgan fingerprint density at radius 2 is 1.72 bits per heavy atom. The van der Waals surface area contributed by atoms with E-state index in [1.165, 1.54) is 12.1 Å². The van der Waals surface area contributed by atoms with Gasteiger partial charge in [-0.05, 0) is 41.8 Å². The second-order valence-corrected chi connectivity index (χ2v) is 6.52. The Balaban J connectivity index is 1.48. The first-order valence-corrected chi connectivity index (χ1v) is 8.48. The Labute approximate surface area is 146 Å². The predicted molar refractivity (Wildman–Crippen MR) is 94.9 cm³/mol. The molecule has 1 N–H and O–H groups in total. The SMILES string of the molecule is OC1CCN(Cc2cnn(-c3ccc(-c4ccc(F)cc4)cc3)c2)C1. The summed E-state index contributed by atoms with van der Waals surface area (Å²) < 4.78 is 14.9. The average molecular weight is 337 g/mol. The summed E-state index contributed by atoms with van der Waals surface area (Å²) in [5.74, 6) is -0.227. The van der Waals surface area contributed by atoms with Gasteiger partial charge < -0.3 is 5.11 Å². The fourth-order valence-electron chi connectivity index (χ4n) is 3.25. The molecule has 1 aromatic heterocycles. The molecule has 0 radical (unpaired) electrons. The Morgan fingerprint density at radius 3 is 2.36 bits per heavy atom. The van der Waals surface area contributed by atoms with Crippen LogP contribution in [0.25, 0.3) is 16.8 Å². The predicted octanol–water partition coefficient (Wildman–Crippen LogP) is 3.25. The molecule has 1 saturated heterocycles. The van der Waals surface area contributed by atoms with Crippen LogP contribution in [0.15, 0.2) is 60.9 Å². The highest BCUT2D eigenvalue weighted by Crippen LogP contribution is 2.21. The molecule has 2 heterocycles. The second-order valence-electron chi connectivity index (χ2n) is 6.52. The van der Waals surface area contributed by atoms with Crippen LogP contribution in [-0.4, -0.2) is 39.0 Å². The topological polar surface area (TPSA) is 41.3 Å². The number of benzene rings is 2. The summed E-state index contributed by atoms with van der Waals surface area (Å²) in [5.41, 5.74) is 4.15. The van der Waals surface area contributed by atoms with Crippen molar-refractivity contribution in [2.45, 2.75) is 19.1 Å². The molecular weight excluding hydrogens is 317 g/mol. The molecule has 4 nitrogen and oxygen atoms in total. The minimum atomic E-state index is -0.227. The van der Waals surface area contributed by atoms with Gasteiger partial charge in [-0.25, -0.2) is 9.07 Å². The molecule has 5 heteroatoms. The Kier molecular flexibility index (Phi) is 4.34. The van der Waals surface area contributed by atoms with Crippen LogP contribution in [0.3, 0.4) is 0 Å². The van der Waals surface area contributed by atoms with E-state index < -0.39 is 0 Å². The van der Waals surface area contributed by atoms with Crippen LogP contribution in [0, 0.1) is 5.82 Å². The van der Waals surface area contributed by atoms with Gasteiger partial charge >= 0.3 is 0 Å². The third kappa shape index (κ3) is 3.62. The molecule has 128 valence electrons. The maximum absolute atomic E-state index is 13.0. The van der Waals surface area contributed by atoms with Crippen molar-refractivity contribution in [3.63, 3.8) is 0 Å². The number of likely N-dealkylation sites (tertiary alicyclic amines) is 1. The van der Waals surface area contributed by atoms with Crippen molar-refractivity contribution in [1.29, 1.82) is 0 Å². The molecule has 1 aliphatic heterocycles. The van der Waals surface area contributed by atoms with Gasteiger partial charge in [0.2, 0.25) is 0 Å². The number of halogens is 1. The van der Waals surface area contributed by atoms with Crippen LogP contribution in [0.4, 0.5) is 4.39 Å². The number of aliphatic hydroxyl groups excluding tert-OH is 1. The first kappa shape index (κ1) is 16.0. The van der Waals surface area contributed by atoms with E-state index in [9.17, 15) is 9.50 Å². The van der Waals surface area contributed by atoms with Crippen LogP contribution >= 0.6 is 0 Å². The second kappa shape index (κ2) is 6.78. The number of hydrogen-bond acceptors (Lipinski definition) is 3. The lowest BCUT2D eigenvalue weighted by molar-refractivity contribution is 0.175. The lowest BCUT2D eigenvalue weighted by Crippen LogP contribution is -2.21. The minimum Gasteiger partial charge on any atom is -0.392 e. The fraction of sp³-hybridized carbons (Fsp3) is 0.250. The summed E-state index contributed by atoms with van der Waals surface area (Å²) in [6.45, 7) is 2.47. The van der Waals surface area contributed by atoms with Gasteiger partial charge in [-0.1, -0.05) is 24.3 Å². The quantitative estimate of drug-likeness (QED) is 0.795. The number of nitrogens with zero attached hydrogens (tertiary/aromatic N) is 3. The number of hydrogen-bond donors (Lipinski definition) is 1. The van der Waals surface area contributed by atoms with E-state index >= 15 is 0 Å². The summed E-state index contributed by atoms with van der Waals surface area (Å²) in [6, 6.07) is 14.5. The monoisotopic (exact) mass is 337 g/mol. The first-order chi connectivity index (χ1) is 12.2. The molecule has 0 aliphatic carbocycles. The van der Waals surface area contributed by atoms with Gasteiger partial charge in [-0.2, -0.15) is 5.10 Å². The number of aliphatic hydroxyl groups is 1. The normalized spacial score (nSPS) is 17.9. The molecule has 4 rings (SSSR count). The molecule has 1 unspecified atom stereocenters. The van der Waals surface area contributed by atoms with Crippen LogP contribution in [0.2, 0.25) is 0 Å². The summed E-state index contributed by atoms with van der Waals surface area (Å²) in [5, 5.41) is 14.1. The molecule has 1 aliphatic rings. The summed E-state index contributed by atoms with van der Waals surface area (Å²) in [6.07, 6.45) is 4.55. The van der Waals surface area contributed by atoms with Crippen molar-refractivity contribution in [2.24, 2.45) is 0 Å². The maximum atomic E-state index is 13.0. The molecule has 0 bridgehead atoms. The number of rotatable bonds is 4. The van der Waals surface area contributed by atoms with Crippen LogP contribution in [-0.2, 0) is 6.54 Å². The lowest BCUT2D eigenvalue weighted by atomic mass is 10.1. The van der Waals surface area contributed by atoms with Crippen molar-refractivity contribution in [3.8, 4) is 16.8 Å². The zero-order valence-electron chi connectivity index (χ0n) is 13.8. The van der Waals surface area contributed by atoms with E-state index in [1.807, 2.05) is 41.3 Å². The maximum Gasteiger partial charge on any atom is 0.123 e. The zero-order chi connectivity index (χ0) is 17.2. The molecule has 2 aromatic carbocycles. The third-order valence-corrected chi connectivity index (χ3v) is 4.60. The molecule has 0 spiro atoms. The molecule has 0 amide bonds. The molecule has 0 saturated carbocycles. The van der Waals surface area contributed by atoms with Crippen LogP contribution in [0.5, 0.6) is 0 Å². The minimum absolute atomic E-state index is 0.200. The van der Waals surface area contributed by atoms with E-state index in [0.717, 1.165) is 48.4 Å². The number of β-amino-alcohol motifs (C(OH)–C–C–N with tert-alkyl or cyclic N) is 1. The van der Waals surface area contributed by atoms with E-state index in [-0.39, 0.29) is 11.9 Å². The summed E-state index contributed by atoms with van der Waals surface area (Å²) in [4.78, 5) is 2.24. The molecule has 1 fully saturated rings. The molecule has 3 aromatic rings. The van der Waals surface area contributed by atoms with E-state index in [2.05, 4.69) is 10.00 Å². The first-order valence-electron chi connectivity index (χ1n) is 8.48. The van der Waals surface area contributed by atoms with Crippen molar-refractivity contribution < 1.29 is 9.50 Å². The fourth-order valence-corrected chi connectivity index (χ4v) is 3.25. The van der Waals surface area contributed by atoms with Gasteiger partial charge in [0.25, 0.3) is 0 Å². The van der Waals surface area contributed by atoms with E-state index in [4.69, 9.17) is 0 Å². The van der Waals surface area contributed by atoms with Crippen LogP contribution in [0.1, 0.15) is 12.0 Å². The van der Waals surface area contributed by atoms with Crippen molar-refractivity contribution in [2.75, 3.05) is 13.1 Å². The Morgan fingerprint density at radius 1 is 1.04 bits per heavy atom. The van der Waals surface area contributed by atoms with Gasteiger partial charge in [0.1, 0.15) is 5.82 Å². The highest BCUT2D eigenvalue weighted by molar-refractivity contribution is 5.64. The smallest absolute Gasteiger partial charge is 0.123 e. The van der Waals surface area contributed by atoms with E-state index in [0.29, 0.717) is 0 Å². The standard InChI is InChI=1S/C20H20FN3O/c21-18-5-1-16(2-6-18)17-3-7-19(8-4-17)24-13-15(11-22-24)12-23-10-9-20(25)14-23/h1-8,11,13,20,25H,9-10,12,14H2. The van der Waals surface area contributed by atoms with Gasteiger partial charge in [-0.3, -0.25) is 4.90 Å². The van der Waals surface area contributed by atoms with E-state index in [1.54, 1.807) is 12.1 Å². The van der Waals surface area contributed by atoms with Gasteiger partial charge in [0.15, 0.2) is 0 Å². The lowest BCUT2D eigenvalue weighted by Gasteiger charge is -2.12. The largest absolute Gasteiger partial charge is 0.392 e. The highest BCUT2D eigenvalue weighted by atomic mass is 19.1. The summed E-state index contributed by atoms with van der Waals surface area (Å²) in [7, 11) is 0. The number of aromatic nitrogens is 2. The zero-order valence-corrected chi connectivity index (χ0v) is 13.8. The molecular formula is C20H20FN3O. The Hall–Kier alpha value is -2.50. The van der Waals surface area contributed by atoms with Gasteiger partial charge in [0, 0.05) is 31.4 Å². The molecule has 1 atom stereocenters.